The Balaban J connectivity index is 1.94. The van der Waals surface area contributed by atoms with Crippen molar-refractivity contribution in [2.75, 3.05) is 19.6 Å². The second kappa shape index (κ2) is 7.89. The van der Waals surface area contributed by atoms with Gasteiger partial charge in [-0.25, -0.2) is 0 Å². The van der Waals surface area contributed by atoms with Crippen LogP contribution in [-0.2, 0) is 4.79 Å². The maximum atomic E-state index is 11.1. The third kappa shape index (κ3) is 4.06. The van der Waals surface area contributed by atoms with Crippen molar-refractivity contribution in [1.82, 2.24) is 9.80 Å². The molecule has 0 spiro atoms. The van der Waals surface area contributed by atoms with E-state index in [0.717, 1.165) is 12.1 Å². The van der Waals surface area contributed by atoms with Crippen LogP contribution in [0.4, 0.5) is 0 Å². The Morgan fingerprint density at radius 2 is 1.73 bits per heavy atom. The van der Waals surface area contributed by atoms with Gasteiger partial charge in [0, 0.05) is 25.2 Å². The van der Waals surface area contributed by atoms with Gasteiger partial charge in [0.05, 0.1) is 12.6 Å². The molecule has 2 aromatic rings. The molecule has 0 saturated carbocycles. The van der Waals surface area contributed by atoms with Crippen molar-refractivity contribution in [2.24, 2.45) is 0 Å². The lowest BCUT2D eigenvalue weighted by Crippen LogP contribution is -2.58. The van der Waals surface area contributed by atoms with Gasteiger partial charge in [-0.2, -0.15) is 0 Å². The maximum Gasteiger partial charge on any atom is 0.317 e. The maximum absolute atomic E-state index is 11.1. The zero-order valence-electron chi connectivity index (χ0n) is 15.2. The second-order valence-corrected chi connectivity index (χ2v) is 7.13. The third-order valence-corrected chi connectivity index (χ3v) is 5.13. The number of piperazine rings is 1. The third-order valence-electron chi connectivity index (χ3n) is 5.13. The number of carboxylic acids is 1. The number of hydrogen-bond donors (Lipinski definition) is 2. The Morgan fingerprint density at radius 3 is 2.38 bits per heavy atom. The molecular formula is C21H26N2O3. The summed E-state index contributed by atoms with van der Waals surface area (Å²) in [5.74, 6) is -0.529. The zero-order valence-corrected chi connectivity index (χ0v) is 15.2. The van der Waals surface area contributed by atoms with Gasteiger partial charge >= 0.3 is 5.97 Å². The minimum Gasteiger partial charge on any atom is -0.508 e. The fourth-order valence-electron chi connectivity index (χ4n) is 3.88. The van der Waals surface area contributed by atoms with Gasteiger partial charge in [0.25, 0.3) is 0 Å². The molecular weight excluding hydrogens is 328 g/mol. The first kappa shape index (κ1) is 18.4. The predicted octanol–water partition coefficient (Wildman–Crippen LogP) is 2.96. The van der Waals surface area contributed by atoms with Crippen molar-refractivity contribution in [1.29, 1.82) is 0 Å². The monoisotopic (exact) mass is 354 g/mol. The molecule has 1 saturated heterocycles. The molecule has 138 valence electrons. The number of carboxylic acid groups (broad SMARTS) is 1. The van der Waals surface area contributed by atoms with Crippen LogP contribution in [-0.4, -0.2) is 57.7 Å². The van der Waals surface area contributed by atoms with Crippen molar-refractivity contribution in [3.8, 4) is 5.75 Å². The fourth-order valence-corrected chi connectivity index (χ4v) is 3.88. The van der Waals surface area contributed by atoms with Crippen LogP contribution in [0.25, 0.3) is 0 Å². The number of aliphatic carboxylic acids is 1. The highest BCUT2D eigenvalue weighted by atomic mass is 16.4. The number of carbonyl (C=O) groups is 1. The number of phenols is 1. The first-order valence-corrected chi connectivity index (χ1v) is 9.01. The van der Waals surface area contributed by atoms with Crippen molar-refractivity contribution < 1.29 is 15.0 Å². The summed E-state index contributed by atoms with van der Waals surface area (Å²) in [7, 11) is 0. The molecule has 0 radical (unpaired) electrons. The van der Waals surface area contributed by atoms with Crippen LogP contribution in [0.1, 0.15) is 31.0 Å². The first-order chi connectivity index (χ1) is 12.5. The van der Waals surface area contributed by atoms with Gasteiger partial charge in [-0.1, -0.05) is 42.5 Å². The number of benzene rings is 2. The van der Waals surface area contributed by atoms with Gasteiger partial charge in [-0.3, -0.25) is 14.6 Å². The van der Waals surface area contributed by atoms with Crippen molar-refractivity contribution >= 4 is 5.97 Å². The van der Waals surface area contributed by atoms with Crippen LogP contribution in [0.5, 0.6) is 5.75 Å². The summed E-state index contributed by atoms with van der Waals surface area (Å²) in [5.41, 5.74) is 2.21. The summed E-state index contributed by atoms with van der Waals surface area (Å²) in [5, 5.41) is 19.1. The molecule has 5 heteroatoms. The number of nitrogens with zero attached hydrogens (tertiary/aromatic N) is 2. The standard InChI is InChI=1S/C21H26N2O3/c1-15-13-23(16(2)12-22(15)14-20(25)26)21(17-7-4-3-5-8-17)18-9-6-10-19(24)11-18/h3-11,15-16,21,24H,12-14H2,1-2H3,(H,25,26)/t15-,16+,21-/m1/s1. The van der Waals surface area contributed by atoms with Crippen LogP contribution >= 0.6 is 0 Å². The van der Waals surface area contributed by atoms with Gasteiger partial charge in [0.1, 0.15) is 5.75 Å². The van der Waals surface area contributed by atoms with E-state index in [2.05, 4.69) is 30.9 Å². The van der Waals surface area contributed by atoms with E-state index >= 15 is 0 Å². The van der Waals surface area contributed by atoms with E-state index in [9.17, 15) is 9.90 Å². The summed E-state index contributed by atoms with van der Waals surface area (Å²) >= 11 is 0. The molecule has 1 heterocycles. The highest BCUT2D eigenvalue weighted by Gasteiger charge is 2.35. The van der Waals surface area contributed by atoms with Gasteiger partial charge in [0.2, 0.25) is 0 Å². The largest absolute Gasteiger partial charge is 0.508 e. The van der Waals surface area contributed by atoms with Crippen molar-refractivity contribution in [3.63, 3.8) is 0 Å². The summed E-state index contributed by atoms with van der Waals surface area (Å²) in [6.07, 6.45) is 0. The highest BCUT2D eigenvalue weighted by Crippen LogP contribution is 2.34. The molecule has 1 aliphatic heterocycles. The van der Waals surface area contributed by atoms with Crippen molar-refractivity contribution in [2.45, 2.75) is 32.0 Å². The summed E-state index contributed by atoms with van der Waals surface area (Å²) < 4.78 is 0. The number of aromatic hydroxyl groups is 1. The minimum atomic E-state index is -0.787. The topological polar surface area (TPSA) is 64.0 Å². The molecule has 1 aliphatic rings. The second-order valence-electron chi connectivity index (χ2n) is 7.13. The van der Waals surface area contributed by atoms with Crippen molar-refractivity contribution in [3.05, 3.63) is 65.7 Å². The first-order valence-electron chi connectivity index (χ1n) is 9.01. The lowest BCUT2D eigenvalue weighted by Gasteiger charge is -2.47. The summed E-state index contributed by atoms with van der Waals surface area (Å²) in [6, 6.07) is 18.0. The van der Waals surface area contributed by atoms with Crippen LogP contribution in [0.15, 0.2) is 54.6 Å². The summed E-state index contributed by atoms with van der Waals surface area (Å²) in [6.45, 7) is 5.76. The van der Waals surface area contributed by atoms with Gasteiger partial charge in [-0.15, -0.1) is 0 Å². The molecule has 0 aliphatic carbocycles. The molecule has 26 heavy (non-hydrogen) atoms. The van der Waals surface area contributed by atoms with Crippen LogP contribution in [0, 0.1) is 0 Å². The molecule has 2 aromatic carbocycles. The minimum absolute atomic E-state index is 0.0210. The van der Waals surface area contributed by atoms with Gasteiger partial charge in [0.15, 0.2) is 0 Å². The summed E-state index contributed by atoms with van der Waals surface area (Å²) in [4.78, 5) is 15.6. The van der Waals surface area contributed by atoms with Crippen LogP contribution in [0.2, 0.25) is 0 Å². The molecule has 1 fully saturated rings. The Hall–Kier alpha value is -2.37. The van der Waals surface area contributed by atoms with E-state index < -0.39 is 5.97 Å². The molecule has 0 aromatic heterocycles. The van der Waals surface area contributed by atoms with E-state index in [1.54, 1.807) is 6.07 Å². The number of phenolic OH excluding ortho intramolecular Hbond substituents is 1. The van der Waals surface area contributed by atoms with E-state index in [0.29, 0.717) is 6.54 Å². The van der Waals surface area contributed by atoms with E-state index in [4.69, 9.17) is 5.11 Å². The highest BCUT2D eigenvalue weighted by molar-refractivity contribution is 5.69. The van der Waals surface area contributed by atoms with Gasteiger partial charge in [-0.05, 0) is 37.1 Å². The quantitative estimate of drug-likeness (QED) is 0.864. The Labute approximate surface area is 154 Å². The SMILES string of the molecule is C[C@@H]1CN([C@H](c2ccccc2)c2cccc(O)c2)[C@@H](C)CN1CC(=O)O. The lowest BCUT2D eigenvalue weighted by atomic mass is 9.93. The van der Waals surface area contributed by atoms with E-state index in [-0.39, 0.29) is 30.4 Å². The average molecular weight is 354 g/mol. The Kier molecular flexibility index (Phi) is 5.59. The lowest BCUT2D eigenvalue weighted by molar-refractivity contribution is -0.140. The van der Waals surface area contributed by atoms with E-state index in [1.165, 1.54) is 5.56 Å². The molecule has 0 amide bonds. The smallest absolute Gasteiger partial charge is 0.317 e. The van der Waals surface area contributed by atoms with Gasteiger partial charge < -0.3 is 10.2 Å². The van der Waals surface area contributed by atoms with Crippen LogP contribution in [0.3, 0.4) is 0 Å². The Bertz CT molecular complexity index is 750. The molecule has 0 unspecified atom stereocenters. The number of hydrogen-bond acceptors (Lipinski definition) is 4. The normalized spacial score (nSPS) is 22.8. The molecule has 5 nitrogen and oxygen atoms in total. The molecule has 3 rings (SSSR count). The molecule has 2 N–H and O–H groups in total. The molecule has 0 bridgehead atoms. The fraction of sp³-hybridized carbons (Fsp3) is 0.381. The van der Waals surface area contributed by atoms with Crippen LogP contribution < -0.4 is 0 Å². The average Bonchev–Trinajstić information content (AvgIpc) is 2.60. The van der Waals surface area contributed by atoms with E-state index in [1.807, 2.05) is 41.3 Å². The molecule has 3 atom stereocenters. The predicted molar refractivity (Wildman–Crippen MR) is 101 cm³/mol. The number of rotatable bonds is 5. The zero-order chi connectivity index (χ0) is 18.7. The Morgan fingerprint density at radius 1 is 1.04 bits per heavy atom.